The number of aryl methyl sites for hydroxylation is 4. The molecule has 5 rings (SSSR count). The minimum atomic E-state index is -0.271. The molecule has 0 aliphatic heterocycles. The van der Waals surface area contributed by atoms with Crippen molar-refractivity contribution in [3.05, 3.63) is 98.2 Å². The summed E-state index contributed by atoms with van der Waals surface area (Å²) in [6, 6.07) is 16.4. The molecule has 0 spiro atoms. The van der Waals surface area contributed by atoms with Crippen LogP contribution in [0.15, 0.2) is 54.6 Å². The van der Waals surface area contributed by atoms with Crippen LogP contribution in [0.2, 0.25) is 0 Å². The molecule has 0 radical (unpaired) electrons. The molecule has 1 N–H and O–H groups in total. The number of pyridine rings is 1. The molecule has 0 atom stereocenters. The molecule has 1 amide bonds. The second-order valence-electron chi connectivity index (χ2n) is 9.19. The number of amides is 1. The normalized spacial score (nSPS) is 11.3. The van der Waals surface area contributed by atoms with Crippen molar-refractivity contribution in [2.75, 3.05) is 5.32 Å². The number of nitrogens with zero attached hydrogens (tertiary/aromatic N) is 3. The van der Waals surface area contributed by atoms with Crippen LogP contribution >= 0.6 is 11.3 Å². The molecule has 7 heteroatoms. The largest absolute Gasteiger partial charge is 0.319 e. The van der Waals surface area contributed by atoms with Gasteiger partial charge in [-0.15, -0.1) is 11.3 Å². The molecule has 5 nitrogen and oxygen atoms in total. The summed E-state index contributed by atoms with van der Waals surface area (Å²) in [6.07, 6.45) is 0. The summed E-state index contributed by atoms with van der Waals surface area (Å²) >= 11 is 1.72. The first-order valence-corrected chi connectivity index (χ1v) is 12.6. The van der Waals surface area contributed by atoms with Crippen LogP contribution < -0.4 is 5.32 Å². The highest BCUT2D eigenvalue weighted by Crippen LogP contribution is 2.33. The Bertz CT molecular complexity index is 1620. The summed E-state index contributed by atoms with van der Waals surface area (Å²) in [6.45, 7) is 10.5. The first-order chi connectivity index (χ1) is 17.2. The maximum atomic E-state index is 13.7. The van der Waals surface area contributed by atoms with E-state index in [2.05, 4.69) is 30.3 Å². The number of rotatable bonds is 5. The quantitative estimate of drug-likeness (QED) is 0.280. The zero-order valence-electron chi connectivity index (χ0n) is 20.9. The van der Waals surface area contributed by atoms with Crippen LogP contribution in [0.25, 0.3) is 22.2 Å². The molecular formula is C29H27FN4OS. The van der Waals surface area contributed by atoms with E-state index in [4.69, 9.17) is 4.98 Å². The van der Waals surface area contributed by atoms with Crippen molar-refractivity contribution in [1.29, 1.82) is 0 Å². The van der Waals surface area contributed by atoms with E-state index in [0.29, 0.717) is 17.8 Å². The molecule has 3 heterocycles. The lowest BCUT2D eigenvalue weighted by molar-refractivity contribution is 0.102. The molecule has 0 bridgehead atoms. The van der Waals surface area contributed by atoms with E-state index >= 15 is 0 Å². The lowest BCUT2D eigenvalue weighted by Crippen LogP contribution is -2.14. The Morgan fingerprint density at radius 3 is 2.44 bits per heavy atom. The van der Waals surface area contributed by atoms with Crippen LogP contribution in [0, 0.1) is 40.4 Å². The molecule has 3 aromatic heterocycles. The molecule has 2 aromatic carbocycles. The van der Waals surface area contributed by atoms with Gasteiger partial charge in [-0.3, -0.25) is 9.48 Å². The standard InChI is InChI=1S/C29H27FN4OS/c1-16-6-11-26-24(12-16)25(14-27(31-26)23-13-17(2)36-20(23)5)29(35)32-28-18(3)33-34(19(28)4)15-21-7-9-22(30)10-8-21/h6-14H,15H2,1-5H3,(H,32,35). The van der Waals surface area contributed by atoms with Gasteiger partial charge >= 0.3 is 0 Å². The zero-order valence-corrected chi connectivity index (χ0v) is 21.8. The van der Waals surface area contributed by atoms with Crippen LogP contribution in [-0.4, -0.2) is 20.7 Å². The van der Waals surface area contributed by atoms with Gasteiger partial charge in [0, 0.05) is 20.7 Å². The van der Waals surface area contributed by atoms with Crippen LogP contribution in [-0.2, 0) is 6.54 Å². The zero-order chi connectivity index (χ0) is 25.6. The molecule has 0 aliphatic carbocycles. The average molecular weight is 499 g/mol. The van der Waals surface area contributed by atoms with E-state index < -0.39 is 0 Å². The van der Waals surface area contributed by atoms with Gasteiger partial charge in [0.1, 0.15) is 5.82 Å². The van der Waals surface area contributed by atoms with Gasteiger partial charge in [-0.2, -0.15) is 5.10 Å². The summed E-state index contributed by atoms with van der Waals surface area (Å²) in [5, 5.41) is 8.56. The molecule has 182 valence electrons. The maximum Gasteiger partial charge on any atom is 0.256 e. The van der Waals surface area contributed by atoms with Crippen molar-refractivity contribution in [2.45, 2.75) is 41.2 Å². The van der Waals surface area contributed by atoms with Crippen molar-refractivity contribution in [3.8, 4) is 11.3 Å². The smallest absolute Gasteiger partial charge is 0.256 e. The average Bonchev–Trinajstić information content (AvgIpc) is 3.32. The molecule has 0 saturated carbocycles. The van der Waals surface area contributed by atoms with Gasteiger partial charge in [0.15, 0.2) is 0 Å². The number of hydrogen-bond acceptors (Lipinski definition) is 4. The Kier molecular flexibility index (Phi) is 6.18. The van der Waals surface area contributed by atoms with E-state index in [-0.39, 0.29) is 11.7 Å². The molecule has 0 saturated heterocycles. The summed E-state index contributed by atoms with van der Waals surface area (Å²) in [5.74, 6) is -0.474. The van der Waals surface area contributed by atoms with Gasteiger partial charge in [0.05, 0.1) is 40.4 Å². The van der Waals surface area contributed by atoms with Gasteiger partial charge in [-0.1, -0.05) is 23.8 Å². The van der Waals surface area contributed by atoms with Crippen LogP contribution in [0.5, 0.6) is 0 Å². The van der Waals surface area contributed by atoms with Crippen molar-refractivity contribution in [3.63, 3.8) is 0 Å². The Hall–Kier alpha value is -3.84. The monoisotopic (exact) mass is 498 g/mol. The highest BCUT2D eigenvalue weighted by Gasteiger charge is 2.20. The predicted octanol–water partition coefficient (Wildman–Crippen LogP) is 7.14. The first kappa shape index (κ1) is 23.9. The van der Waals surface area contributed by atoms with E-state index in [0.717, 1.165) is 44.7 Å². The Balaban J connectivity index is 1.53. The van der Waals surface area contributed by atoms with Crippen LogP contribution in [0.4, 0.5) is 10.1 Å². The van der Waals surface area contributed by atoms with Gasteiger partial charge in [-0.25, -0.2) is 9.37 Å². The van der Waals surface area contributed by atoms with Crippen LogP contribution in [0.3, 0.4) is 0 Å². The summed E-state index contributed by atoms with van der Waals surface area (Å²) in [4.78, 5) is 21.0. The number of thiophene rings is 1. The van der Waals surface area contributed by atoms with Gasteiger partial charge < -0.3 is 5.32 Å². The third-order valence-corrected chi connectivity index (χ3v) is 7.36. The molecule has 0 aliphatic rings. The predicted molar refractivity (Wildman–Crippen MR) is 144 cm³/mol. The van der Waals surface area contributed by atoms with Crippen LogP contribution in [0.1, 0.15) is 42.6 Å². The fourth-order valence-corrected chi connectivity index (χ4v) is 5.46. The topological polar surface area (TPSA) is 59.8 Å². The molecular weight excluding hydrogens is 471 g/mol. The third-order valence-electron chi connectivity index (χ3n) is 6.39. The number of aromatic nitrogens is 3. The first-order valence-electron chi connectivity index (χ1n) is 11.8. The number of carbonyl (C=O) groups excluding carboxylic acids is 1. The highest BCUT2D eigenvalue weighted by atomic mass is 32.1. The van der Waals surface area contributed by atoms with Crippen molar-refractivity contribution in [1.82, 2.24) is 14.8 Å². The molecule has 36 heavy (non-hydrogen) atoms. The summed E-state index contributed by atoms with van der Waals surface area (Å²) in [7, 11) is 0. The number of nitrogens with one attached hydrogen (secondary N) is 1. The van der Waals surface area contributed by atoms with Crippen molar-refractivity contribution < 1.29 is 9.18 Å². The second-order valence-corrected chi connectivity index (χ2v) is 10.6. The molecule has 0 fully saturated rings. The van der Waals surface area contributed by atoms with Crippen molar-refractivity contribution >= 4 is 33.8 Å². The Labute approximate surface area is 213 Å². The lowest BCUT2D eigenvalue weighted by atomic mass is 10.0. The van der Waals surface area contributed by atoms with E-state index in [9.17, 15) is 9.18 Å². The van der Waals surface area contributed by atoms with Crippen molar-refractivity contribution in [2.24, 2.45) is 0 Å². The number of carbonyl (C=O) groups is 1. The number of fused-ring (bicyclic) bond motifs is 1. The number of halogens is 1. The van der Waals surface area contributed by atoms with Gasteiger partial charge in [0.2, 0.25) is 0 Å². The van der Waals surface area contributed by atoms with E-state index in [1.165, 1.54) is 21.9 Å². The Morgan fingerprint density at radius 2 is 1.75 bits per heavy atom. The Morgan fingerprint density at radius 1 is 1.00 bits per heavy atom. The molecule has 0 unspecified atom stereocenters. The number of anilines is 1. The van der Waals surface area contributed by atoms with E-state index in [1.54, 1.807) is 23.5 Å². The lowest BCUT2D eigenvalue weighted by Gasteiger charge is -2.12. The molecule has 5 aromatic rings. The van der Waals surface area contributed by atoms with E-state index in [1.807, 2.05) is 49.7 Å². The number of hydrogen-bond donors (Lipinski definition) is 1. The fourth-order valence-electron chi connectivity index (χ4n) is 4.53. The highest BCUT2D eigenvalue weighted by molar-refractivity contribution is 7.12. The minimum Gasteiger partial charge on any atom is -0.319 e. The minimum absolute atomic E-state index is 0.202. The third kappa shape index (κ3) is 4.54. The SMILES string of the molecule is Cc1ccc2nc(-c3cc(C)sc3C)cc(C(=O)Nc3c(C)nn(Cc4ccc(F)cc4)c3C)c2c1. The fraction of sp³-hybridized carbons (Fsp3) is 0.207. The maximum absolute atomic E-state index is 13.7. The van der Waals surface area contributed by atoms with Gasteiger partial charge in [0.25, 0.3) is 5.91 Å². The summed E-state index contributed by atoms with van der Waals surface area (Å²) in [5.41, 5.74) is 7.44. The van der Waals surface area contributed by atoms with Gasteiger partial charge in [-0.05, 0) is 76.6 Å². The summed E-state index contributed by atoms with van der Waals surface area (Å²) < 4.78 is 15.1. The second kappa shape index (κ2) is 9.32. The number of benzene rings is 2.